The highest BCUT2D eigenvalue weighted by Crippen LogP contribution is 2.28. The number of rotatable bonds is 3. The molecule has 0 aliphatic carbocycles. The average Bonchev–Trinajstić information content (AvgIpc) is 2.34. The van der Waals surface area contributed by atoms with E-state index in [1.807, 2.05) is 18.2 Å². The first-order valence-corrected chi connectivity index (χ1v) is 6.69. The Morgan fingerprint density at radius 1 is 1.11 bits per heavy atom. The second-order valence-electron chi connectivity index (χ2n) is 4.50. The predicted molar refractivity (Wildman–Crippen MR) is 86.5 cm³/mol. The van der Waals surface area contributed by atoms with E-state index < -0.39 is 0 Å². The van der Waals surface area contributed by atoms with Crippen LogP contribution in [0, 0.1) is 13.8 Å². The Bertz CT molecular complexity index is 638. The van der Waals surface area contributed by atoms with E-state index in [1.54, 1.807) is 6.07 Å². The summed E-state index contributed by atoms with van der Waals surface area (Å²) in [5, 5.41) is 3.92. The minimum Gasteiger partial charge on any atom is -0.389 e. The molecular formula is C15H15ClN2S. The number of halogens is 1. The zero-order chi connectivity index (χ0) is 14.0. The number of aryl methyl sites for hydroxylation is 2. The fraction of sp³-hybridized carbons (Fsp3) is 0.133. The Morgan fingerprint density at radius 2 is 1.79 bits per heavy atom. The standard InChI is InChI=1S/C15H15ClN2S/c1-9-3-5-13(10(2)7-9)18-14-6-4-11(15(17)19)8-12(14)16/h3-8,18H,1-2H3,(H2,17,19). The third kappa shape index (κ3) is 3.25. The Hall–Kier alpha value is -1.58. The molecule has 0 spiro atoms. The zero-order valence-corrected chi connectivity index (χ0v) is 12.4. The molecule has 98 valence electrons. The summed E-state index contributed by atoms with van der Waals surface area (Å²) in [6.45, 7) is 4.13. The minimum absolute atomic E-state index is 0.347. The van der Waals surface area contributed by atoms with Crippen molar-refractivity contribution >= 4 is 40.2 Å². The second-order valence-corrected chi connectivity index (χ2v) is 5.35. The molecular weight excluding hydrogens is 276 g/mol. The van der Waals surface area contributed by atoms with Gasteiger partial charge in [0, 0.05) is 11.3 Å². The van der Waals surface area contributed by atoms with Gasteiger partial charge < -0.3 is 11.1 Å². The largest absolute Gasteiger partial charge is 0.389 e. The van der Waals surface area contributed by atoms with Gasteiger partial charge in [-0.1, -0.05) is 41.5 Å². The lowest BCUT2D eigenvalue weighted by atomic mass is 10.1. The summed E-state index contributed by atoms with van der Waals surface area (Å²) < 4.78 is 0. The molecule has 0 amide bonds. The van der Waals surface area contributed by atoms with Gasteiger partial charge in [-0.05, 0) is 43.7 Å². The lowest BCUT2D eigenvalue weighted by Gasteiger charge is -2.12. The summed E-state index contributed by atoms with van der Waals surface area (Å²) in [5.74, 6) is 0. The number of nitrogens with one attached hydrogen (secondary N) is 1. The second kappa shape index (κ2) is 5.59. The molecule has 2 aromatic carbocycles. The van der Waals surface area contributed by atoms with Gasteiger partial charge in [-0.3, -0.25) is 0 Å². The number of hydrogen-bond donors (Lipinski definition) is 2. The summed E-state index contributed by atoms with van der Waals surface area (Å²) in [6.07, 6.45) is 0. The number of nitrogens with two attached hydrogens (primary N) is 1. The molecule has 0 radical (unpaired) electrons. The van der Waals surface area contributed by atoms with Gasteiger partial charge >= 0.3 is 0 Å². The van der Waals surface area contributed by atoms with Crippen LogP contribution < -0.4 is 11.1 Å². The molecule has 0 fully saturated rings. The molecule has 2 aromatic rings. The average molecular weight is 291 g/mol. The van der Waals surface area contributed by atoms with Gasteiger partial charge in [-0.2, -0.15) is 0 Å². The highest BCUT2D eigenvalue weighted by atomic mass is 35.5. The fourth-order valence-electron chi connectivity index (χ4n) is 1.87. The molecule has 0 aliphatic rings. The molecule has 0 aliphatic heterocycles. The fourth-order valence-corrected chi connectivity index (χ4v) is 2.22. The molecule has 0 saturated heterocycles. The van der Waals surface area contributed by atoms with Gasteiger partial charge in [0.2, 0.25) is 0 Å². The first-order valence-electron chi connectivity index (χ1n) is 5.91. The molecule has 0 atom stereocenters. The molecule has 0 bridgehead atoms. The molecule has 4 heteroatoms. The zero-order valence-electron chi connectivity index (χ0n) is 10.8. The Morgan fingerprint density at radius 3 is 2.37 bits per heavy atom. The van der Waals surface area contributed by atoms with Crippen LogP contribution in [0.3, 0.4) is 0 Å². The predicted octanol–water partition coefficient (Wildman–Crippen LogP) is 4.33. The summed E-state index contributed by atoms with van der Waals surface area (Å²) in [4.78, 5) is 0.347. The van der Waals surface area contributed by atoms with Gasteiger partial charge in [0.1, 0.15) is 4.99 Å². The van der Waals surface area contributed by atoms with Crippen LogP contribution in [0.4, 0.5) is 11.4 Å². The van der Waals surface area contributed by atoms with Crippen molar-refractivity contribution in [2.45, 2.75) is 13.8 Å². The van der Waals surface area contributed by atoms with E-state index in [9.17, 15) is 0 Å². The third-order valence-electron chi connectivity index (χ3n) is 2.90. The van der Waals surface area contributed by atoms with Gasteiger partial charge in [0.25, 0.3) is 0 Å². The van der Waals surface area contributed by atoms with Crippen molar-refractivity contribution in [2.24, 2.45) is 5.73 Å². The van der Waals surface area contributed by atoms with E-state index in [0.717, 1.165) is 16.9 Å². The van der Waals surface area contributed by atoms with E-state index in [2.05, 4.69) is 31.3 Å². The molecule has 19 heavy (non-hydrogen) atoms. The summed E-state index contributed by atoms with van der Waals surface area (Å²) in [5.41, 5.74) is 10.6. The van der Waals surface area contributed by atoms with E-state index >= 15 is 0 Å². The first-order chi connectivity index (χ1) is 8.97. The van der Waals surface area contributed by atoms with E-state index in [4.69, 9.17) is 29.6 Å². The number of anilines is 2. The minimum atomic E-state index is 0.347. The molecule has 0 heterocycles. The van der Waals surface area contributed by atoms with Crippen molar-refractivity contribution in [3.8, 4) is 0 Å². The number of thiocarbonyl (C=S) groups is 1. The maximum atomic E-state index is 6.23. The van der Waals surface area contributed by atoms with Crippen LogP contribution in [0.25, 0.3) is 0 Å². The van der Waals surface area contributed by atoms with Crippen LogP contribution in [0.2, 0.25) is 5.02 Å². The van der Waals surface area contributed by atoms with Crippen molar-refractivity contribution in [1.82, 2.24) is 0 Å². The number of hydrogen-bond acceptors (Lipinski definition) is 2. The van der Waals surface area contributed by atoms with Crippen molar-refractivity contribution in [3.63, 3.8) is 0 Å². The summed E-state index contributed by atoms with van der Waals surface area (Å²) >= 11 is 11.2. The van der Waals surface area contributed by atoms with Gasteiger partial charge in [0.05, 0.1) is 10.7 Å². The van der Waals surface area contributed by atoms with Crippen LogP contribution in [0.1, 0.15) is 16.7 Å². The van der Waals surface area contributed by atoms with Crippen LogP contribution in [0.15, 0.2) is 36.4 Å². The van der Waals surface area contributed by atoms with Gasteiger partial charge in [-0.15, -0.1) is 0 Å². The van der Waals surface area contributed by atoms with Crippen molar-refractivity contribution in [1.29, 1.82) is 0 Å². The topological polar surface area (TPSA) is 38.0 Å². The van der Waals surface area contributed by atoms with Gasteiger partial charge in [-0.25, -0.2) is 0 Å². The smallest absolute Gasteiger partial charge is 0.104 e. The quantitative estimate of drug-likeness (QED) is 0.826. The van der Waals surface area contributed by atoms with E-state index in [1.165, 1.54) is 11.1 Å². The third-order valence-corrected chi connectivity index (χ3v) is 3.45. The van der Waals surface area contributed by atoms with Crippen molar-refractivity contribution in [2.75, 3.05) is 5.32 Å². The molecule has 0 saturated carbocycles. The molecule has 0 aromatic heterocycles. The first kappa shape index (κ1) is 13.8. The van der Waals surface area contributed by atoms with Crippen LogP contribution in [-0.2, 0) is 0 Å². The van der Waals surface area contributed by atoms with Crippen LogP contribution >= 0.6 is 23.8 Å². The van der Waals surface area contributed by atoms with Crippen molar-refractivity contribution < 1.29 is 0 Å². The lowest BCUT2D eigenvalue weighted by Crippen LogP contribution is -2.09. The SMILES string of the molecule is Cc1ccc(Nc2ccc(C(N)=S)cc2Cl)c(C)c1. The summed E-state index contributed by atoms with van der Waals surface area (Å²) in [7, 11) is 0. The molecule has 3 N–H and O–H groups in total. The monoisotopic (exact) mass is 290 g/mol. The normalized spacial score (nSPS) is 10.3. The Labute approximate surface area is 123 Å². The lowest BCUT2D eigenvalue weighted by molar-refractivity contribution is 1.37. The van der Waals surface area contributed by atoms with Crippen molar-refractivity contribution in [3.05, 3.63) is 58.1 Å². The highest BCUT2D eigenvalue weighted by Gasteiger charge is 2.05. The molecule has 0 unspecified atom stereocenters. The molecule has 2 rings (SSSR count). The Kier molecular flexibility index (Phi) is 4.08. The molecule has 2 nitrogen and oxygen atoms in total. The summed E-state index contributed by atoms with van der Waals surface area (Å²) in [6, 6.07) is 11.8. The van der Waals surface area contributed by atoms with Crippen LogP contribution in [0.5, 0.6) is 0 Å². The Balaban J connectivity index is 2.31. The van der Waals surface area contributed by atoms with E-state index in [-0.39, 0.29) is 0 Å². The van der Waals surface area contributed by atoms with Crippen LogP contribution in [-0.4, -0.2) is 4.99 Å². The van der Waals surface area contributed by atoms with Gasteiger partial charge in [0.15, 0.2) is 0 Å². The highest BCUT2D eigenvalue weighted by molar-refractivity contribution is 7.80. The maximum Gasteiger partial charge on any atom is 0.104 e. The maximum absolute atomic E-state index is 6.23. The number of benzene rings is 2. The van der Waals surface area contributed by atoms with E-state index in [0.29, 0.717) is 10.0 Å².